The minimum absolute atomic E-state index is 0.0868. The monoisotopic (exact) mass is 247 g/mol. The fourth-order valence-corrected chi connectivity index (χ4v) is 1.48. The zero-order chi connectivity index (χ0) is 13.2. The zero-order valence-corrected chi connectivity index (χ0v) is 9.08. The van der Waals surface area contributed by atoms with Gasteiger partial charge >= 0.3 is 12.1 Å². The Balaban J connectivity index is 3.08. The SMILES string of the molecule is Cc1ccc(C(N)CC(=O)O)cc1C(F)(F)F. The van der Waals surface area contributed by atoms with Crippen molar-refractivity contribution in [3.63, 3.8) is 0 Å². The molecule has 0 amide bonds. The van der Waals surface area contributed by atoms with E-state index >= 15 is 0 Å². The first-order chi connectivity index (χ1) is 7.71. The number of aliphatic carboxylic acids is 1. The second-order valence-electron chi connectivity index (χ2n) is 3.78. The van der Waals surface area contributed by atoms with Crippen molar-refractivity contribution in [1.29, 1.82) is 0 Å². The Morgan fingerprint density at radius 1 is 1.47 bits per heavy atom. The van der Waals surface area contributed by atoms with Gasteiger partial charge < -0.3 is 10.8 Å². The number of hydrogen-bond donors (Lipinski definition) is 2. The molecule has 1 aromatic rings. The Morgan fingerprint density at radius 3 is 2.53 bits per heavy atom. The molecule has 1 rings (SSSR count). The van der Waals surface area contributed by atoms with E-state index in [9.17, 15) is 18.0 Å². The van der Waals surface area contributed by atoms with Crippen LogP contribution in [0.4, 0.5) is 13.2 Å². The minimum Gasteiger partial charge on any atom is -0.481 e. The lowest BCUT2D eigenvalue weighted by molar-refractivity contribution is -0.138. The third-order valence-electron chi connectivity index (χ3n) is 2.39. The van der Waals surface area contributed by atoms with Crippen molar-refractivity contribution >= 4 is 5.97 Å². The first kappa shape index (κ1) is 13.5. The number of carboxylic acids is 1. The molecular formula is C11H12F3NO2. The first-order valence-corrected chi connectivity index (χ1v) is 4.87. The number of carboxylic acid groups (broad SMARTS) is 1. The number of alkyl halides is 3. The van der Waals surface area contributed by atoms with E-state index in [1.807, 2.05) is 0 Å². The topological polar surface area (TPSA) is 63.3 Å². The third-order valence-corrected chi connectivity index (χ3v) is 2.39. The summed E-state index contributed by atoms with van der Waals surface area (Å²) < 4.78 is 37.8. The maximum absolute atomic E-state index is 12.6. The van der Waals surface area contributed by atoms with Gasteiger partial charge in [0.2, 0.25) is 0 Å². The number of aryl methyl sites for hydroxylation is 1. The Labute approximate surface area is 96.0 Å². The molecule has 3 N–H and O–H groups in total. The Morgan fingerprint density at radius 2 is 2.06 bits per heavy atom. The highest BCUT2D eigenvalue weighted by molar-refractivity contribution is 5.67. The molecule has 94 valence electrons. The highest BCUT2D eigenvalue weighted by Gasteiger charge is 2.32. The molecule has 0 spiro atoms. The van der Waals surface area contributed by atoms with Crippen LogP contribution in [-0.4, -0.2) is 11.1 Å². The van der Waals surface area contributed by atoms with Crippen LogP contribution in [0.25, 0.3) is 0 Å². The summed E-state index contributed by atoms with van der Waals surface area (Å²) in [6.45, 7) is 1.34. The summed E-state index contributed by atoms with van der Waals surface area (Å²) in [6.07, 6.45) is -4.86. The first-order valence-electron chi connectivity index (χ1n) is 4.87. The van der Waals surface area contributed by atoms with E-state index in [0.717, 1.165) is 6.07 Å². The van der Waals surface area contributed by atoms with Crippen LogP contribution in [0.15, 0.2) is 18.2 Å². The molecule has 0 saturated heterocycles. The van der Waals surface area contributed by atoms with Gasteiger partial charge in [-0.25, -0.2) is 0 Å². The van der Waals surface area contributed by atoms with E-state index in [1.165, 1.54) is 19.1 Å². The van der Waals surface area contributed by atoms with E-state index in [2.05, 4.69) is 0 Å². The number of halogens is 3. The van der Waals surface area contributed by atoms with Gasteiger partial charge in [-0.15, -0.1) is 0 Å². The molecule has 0 aliphatic heterocycles. The molecule has 0 fully saturated rings. The van der Waals surface area contributed by atoms with Gasteiger partial charge in [0, 0.05) is 6.04 Å². The number of hydrogen-bond acceptors (Lipinski definition) is 2. The Bertz CT molecular complexity index is 429. The molecule has 17 heavy (non-hydrogen) atoms. The second kappa shape index (κ2) is 4.75. The molecule has 0 bridgehead atoms. The molecule has 0 aliphatic rings. The van der Waals surface area contributed by atoms with Crippen molar-refractivity contribution in [2.75, 3.05) is 0 Å². The van der Waals surface area contributed by atoms with Crippen molar-refractivity contribution in [2.45, 2.75) is 25.6 Å². The molecule has 0 aliphatic carbocycles. The van der Waals surface area contributed by atoms with Crippen LogP contribution in [0.2, 0.25) is 0 Å². The van der Waals surface area contributed by atoms with Gasteiger partial charge in [0.05, 0.1) is 12.0 Å². The molecule has 1 aromatic carbocycles. The molecule has 0 radical (unpaired) electrons. The highest BCUT2D eigenvalue weighted by atomic mass is 19.4. The third kappa shape index (κ3) is 3.45. The molecule has 1 atom stereocenters. The fraction of sp³-hybridized carbons (Fsp3) is 0.364. The summed E-state index contributed by atoms with van der Waals surface area (Å²) in [5.41, 5.74) is 4.99. The van der Waals surface area contributed by atoms with Gasteiger partial charge in [-0.05, 0) is 24.1 Å². The summed E-state index contributed by atoms with van der Waals surface area (Å²) in [4.78, 5) is 10.4. The van der Waals surface area contributed by atoms with Crippen LogP contribution in [-0.2, 0) is 11.0 Å². The predicted molar refractivity (Wildman–Crippen MR) is 55.4 cm³/mol. The quantitative estimate of drug-likeness (QED) is 0.862. The van der Waals surface area contributed by atoms with E-state index in [-0.39, 0.29) is 11.1 Å². The van der Waals surface area contributed by atoms with E-state index in [4.69, 9.17) is 10.8 Å². The number of carbonyl (C=O) groups is 1. The number of benzene rings is 1. The van der Waals surface area contributed by atoms with Crippen molar-refractivity contribution in [3.8, 4) is 0 Å². The molecule has 6 heteroatoms. The summed E-state index contributed by atoms with van der Waals surface area (Å²) in [5.74, 6) is -1.15. The maximum Gasteiger partial charge on any atom is 0.416 e. The normalized spacial score (nSPS) is 13.5. The molecular weight excluding hydrogens is 235 g/mol. The van der Waals surface area contributed by atoms with Crippen LogP contribution < -0.4 is 5.73 Å². The van der Waals surface area contributed by atoms with E-state index in [1.54, 1.807) is 0 Å². The molecule has 0 saturated carbocycles. The zero-order valence-electron chi connectivity index (χ0n) is 9.08. The predicted octanol–water partition coefficient (Wildman–Crippen LogP) is 2.49. The second-order valence-corrected chi connectivity index (χ2v) is 3.78. The lowest BCUT2D eigenvalue weighted by Crippen LogP contribution is -2.16. The van der Waals surface area contributed by atoms with Gasteiger partial charge in [0.1, 0.15) is 0 Å². The minimum atomic E-state index is -4.46. The van der Waals surface area contributed by atoms with Crippen LogP contribution in [0, 0.1) is 6.92 Å². The molecule has 0 aromatic heterocycles. The van der Waals surface area contributed by atoms with Gasteiger partial charge in [-0.1, -0.05) is 12.1 Å². The largest absolute Gasteiger partial charge is 0.481 e. The lowest BCUT2D eigenvalue weighted by Gasteiger charge is -2.15. The van der Waals surface area contributed by atoms with E-state index in [0.29, 0.717) is 0 Å². The average molecular weight is 247 g/mol. The maximum atomic E-state index is 12.6. The Hall–Kier alpha value is -1.56. The van der Waals surface area contributed by atoms with Crippen LogP contribution in [0.3, 0.4) is 0 Å². The Kier molecular flexibility index (Phi) is 3.77. The summed E-state index contributed by atoms with van der Waals surface area (Å²) in [5, 5.41) is 8.53. The standard InChI is InChI=1S/C11H12F3NO2/c1-6-2-3-7(9(15)5-10(16)17)4-8(6)11(12,13)14/h2-4,9H,5,15H2,1H3,(H,16,17). The van der Waals surface area contributed by atoms with Gasteiger partial charge in [0.15, 0.2) is 0 Å². The van der Waals surface area contributed by atoms with Gasteiger partial charge in [0.25, 0.3) is 0 Å². The van der Waals surface area contributed by atoms with Crippen molar-refractivity contribution in [1.82, 2.24) is 0 Å². The van der Waals surface area contributed by atoms with Crippen LogP contribution in [0.1, 0.15) is 29.2 Å². The van der Waals surface area contributed by atoms with E-state index < -0.39 is 30.2 Å². The summed E-state index contributed by atoms with van der Waals surface area (Å²) in [7, 11) is 0. The molecule has 1 unspecified atom stereocenters. The number of rotatable bonds is 3. The fourth-order valence-electron chi connectivity index (χ4n) is 1.48. The smallest absolute Gasteiger partial charge is 0.416 e. The molecule has 0 heterocycles. The highest BCUT2D eigenvalue weighted by Crippen LogP contribution is 2.33. The van der Waals surface area contributed by atoms with Crippen molar-refractivity contribution < 1.29 is 23.1 Å². The summed E-state index contributed by atoms with van der Waals surface area (Å²) in [6, 6.07) is 2.68. The summed E-state index contributed by atoms with van der Waals surface area (Å²) >= 11 is 0. The van der Waals surface area contributed by atoms with Crippen molar-refractivity contribution in [2.24, 2.45) is 5.73 Å². The lowest BCUT2D eigenvalue weighted by atomic mass is 9.98. The van der Waals surface area contributed by atoms with Crippen LogP contribution >= 0.6 is 0 Å². The van der Waals surface area contributed by atoms with Gasteiger partial charge in [-0.2, -0.15) is 13.2 Å². The molecule has 3 nitrogen and oxygen atoms in total. The van der Waals surface area contributed by atoms with Gasteiger partial charge in [-0.3, -0.25) is 4.79 Å². The number of nitrogens with two attached hydrogens (primary N) is 1. The van der Waals surface area contributed by atoms with Crippen LogP contribution in [0.5, 0.6) is 0 Å². The van der Waals surface area contributed by atoms with Crippen molar-refractivity contribution in [3.05, 3.63) is 34.9 Å². The average Bonchev–Trinajstić information content (AvgIpc) is 2.15.